The Morgan fingerprint density at radius 1 is 1.21 bits per heavy atom. The van der Waals surface area contributed by atoms with Crippen LogP contribution >= 0.6 is 0 Å². The largest absolute Gasteiger partial charge is 0.497 e. The maximum atomic E-state index is 14.0. The van der Waals surface area contributed by atoms with Gasteiger partial charge in [-0.15, -0.1) is 0 Å². The molecule has 0 fully saturated rings. The minimum Gasteiger partial charge on any atom is -0.497 e. The smallest absolute Gasteiger partial charge is 0.336 e. The highest BCUT2D eigenvalue weighted by atomic mass is 19.1. The lowest BCUT2D eigenvalue weighted by Gasteiger charge is -2.13. The Kier molecular flexibility index (Phi) is 5.12. The molecule has 1 amide bonds. The Balaban J connectivity index is 2.04. The number of methoxy groups -OCH3 is 1. The van der Waals surface area contributed by atoms with Gasteiger partial charge in [0.1, 0.15) is 29.6 Å². The molecular formula is C20H17FN2O5. The molecule has 3 aromatic rings. The van der Waals surface area contributed by atoms with Gasteiger partial charge in [-0.3, -0.25) is 4.79 Å². The molecule has 3 N–H and O–H groups in total. The van der Waals surface area contributed by atoms with Gasteiger partial charge in [-0.1, -0.05) is 6.07 Å². The van der Waals surface area contributed by atoms with Crippen molar-refractivity contribution < 1.29 is 28.6 Å². The molecule has 8 heteroatoms. The Morgan fingerprint density at radius 2 is 1.96 bits per heavy atom. The second-order valence-corrected chi connectivity index (χ2v) is 6.11. The van der Waals surface area contributed by atoms with Crippen molar-refractivity contribution in [2.45, 2.75) is 13.5 Å². The third-order valence-electron chi connectivity index (χ3n) is 4.23. The molecule has 0 unspecified atom stereocenters. The Labute approximate surface area is 159 Å². The van der Waals surface area contributed by atoms with Crippen LogP contribution in [-0.4, -0.2) is 29.1 Å². The number of aryl methyl sites for hydroxylation is 1. The number of hydrogen-bond donors (Lipinski definition) is 2. The molecule has 3 rings (SSSR count). The van der Waals surface area contributed by atoms with Crippen molar-refractivity contribution in [2.75, 3.05) is 7.11 Å². The van der Waals surface area contributed by atoms with E-state index in [9.17, 15) is 19.1 Å². The number of rotatable bonds is 6. The summed E-state index contributed by atoms with van der Waals surface area (Å²) in [5.41, 5.74) is 6.38. The van der Waals surface area contributed by atoms with Gasteiger partial charge in [0.05, 0.1) is 18.2 Å². The molecule has 0 radical (unpaired) electrons. The van der Waals surface area contributed by atoms with E-state index in [1.54, 1.807) is 19.1 Å². The zero-order valence-electron chi connectivity index (χ0n) is 15.2. The van der Waals surface area contributed by atoms with Crippen molar-refractivity contribution in [3.63, 3.8) is 0 Å². The van der Waals surface area contributed by atoms with E-state index >= 15 is 0 Å². The van der Waals surface area contributed by atoms with Crippen LogP contribution in [0.15, 0.2) is 36.4 Å². The number of carbonyl (C=O) groups excluding carboxylic acids is 1. The van der Waals surface area contributed by atoms with Crippen LogP contribution in [0.4, 0.5) is 4.39 Å². The fourth-order valence-corrected chi connectivity index (χ4v) is 2.73. The fourth-order valence-electron chi connectivity index (χ4n) is 2.73. The number of nitrogens with zero attached hydrogens (tertiary/aromatic N) is 1. The quantitative estimate of drug-likeness (QED) is 0.676. The number of carboxylic acids is 1. The molecule has 1 aromatic heterocycles. The minimum atomic E-state index is -1.14. The molecule has 1 heterocycles. The molecule has 2 aromatic carbocycles. The number of pyridine rings is 1. The first-order valence-electron chi connectivity index (χ1n) is 8.24. The zero-order chi connectivity index (χ0) is 20.4. The number of fused-ring (bicyclic) bond motifs is 1. The molecule has 144 valence electrons. The first kappa shape index (κ1) is 19.1. The van der Waals surface area contributed by atoms with Gasteiger partial charge in [-0.25, -0.2) is 14.2 Å². The summed E-state index contributed by atoms with van der Waals surface area (Å²) < 4.78 is 24.8. The number of amides is 1. The normalized spacial score (nSPS) is 10.7. The molecule has 0 atom stereocenters. The van der Waals surface area contributed by atoms with Crippen molar-refractivity contribution in [3.8, 4) is 11.5 Å². The minimum absolute atomic E-state index is 0.00913. The van der Waals surface area contributed by atoms with E-state index in [1.807, 2.05) is 0 Å². The van der Waals surface area contributed by atoms with Crippen molar-refractivity contribution in [2.24, 2.45) is 5.73 Å². The number of nitrogens with two attached hydrogens (primary N) is 1. The summed E-state index contributed by atoms with van der Waals surface area (Å²) in [6.07, 6.45) is 0. The Bertz CT molecular complexity index is 1100. The van der Waals surface area contributed by atoms with Crippen LogP contribution in [-0.2, 0) is 6.61 Å². The van der Waals surface area contributed by atoms with Gasteiger partial charge in [-0.2, -0.15) is 0 Å². The number of carboxylic acid groups (broad SMARTS) is 1. The van der Waals surface area contributed by atoms with Crippen LogP contribution in [0.5, 0.6) is 11.5 Å². The summed E-state index contributed by atoms with van der Waals surface area (Å²) in [5, 5.41) is 9.75. The van der Waals surface area contributed by atoms with Gasteiger partial charge in [0, 0.05) is 17.0 Å². The van der Waals surface area contributed by atoms with Crippen LogP contribution < -0.4 is 15.2 Å². The summed E-state index contributed by atoms with van der Waals surface area (Å²) in [4.78, 5) is 27.2. The highest BCUT2D eigenvalue weighted by molar-refractivity contribution is 5.96. The maximum absolute atomic E-state index is 14.0. The molecule has 0 aliphatic carbocycles. The number of aromatic carboxylic acids is 1. The highest BCUT2D eigenvalue weighted by Crippen LogP contribution is 2.29. The molecule has 0 aliphatic heterocycles. The highest BCUT2D eigenvalue weighted by Gasteiger charge is 2.16. The van der Waals surface area contributed by atoms with Crippen LogP contribution in [0.3, 0.4) is 0 Å². The van der Waals surface area contributed by atoms with Gasteiger partial charge in [0.15, 0.2) is 0 Å². The maximum Gasteiger partial charge on any atom is 0.336 e. The van der Waals surface area contributed by atoms with Gasteiger partial charge < -0.3 is 20.3 Å². The van der Waals surface area contributed by atoms with E-state index < -0.39 is 17.7 Å². The lowest BCUT2D eigenvalue weighted by molar-refractivity contribution is 0.0693. The topological polar surface area (TPSA) is 112 Å². The number of primary amides is 1. The molecule has 0 bridgehead atoms. The van der Waals surface area contributed by atoms with E-state index in [4.69, 9.17) is 15.2 Å². The average molecular weight is 384 g/mol. The summed E-state index contributed by atoms with van der Waals surface area (Å²) >= 11 is 0. The van der Waals surface area contributed by atoms with Gasteiger partial charge >= 0.3 is 5.97 Å². The van der Waals surface area contributed by atoms with Crippen LogP contribution in [0.25, 0.3) is 10.9 Å². The van der Waals surface area contributed by atoms with E-state index in [-0.39, 0.29) is 23.6 Å². The molecular weight excluding hydrogens is 367 g/mol. The number of aromatic nitrogens is 1. The van der Waals surface area contributed by atoms with Gasteiger partial charge in [0.25, 0.3) is 5.91 Å². The monoisotopic (exact) mass is 384 g/mol. The predicted molar refractivity (Wildman–Crippen MR) is 99.2 cm³/mol. The zero-order valence-corrected chi connectivity index (χ0v) is 15.2. The Morgan fingerprint density at radius 3 is 2.61 bits per heavy atom. The third-order valence-corrected chi connectivity index (χ3v) is 4.23. The van der Waals surface area contributed by atoms with E-state index in [0.29, 0.717) is 27.8 Å². The summed E-state index contributed by atoms with van der Waals surface area (Å²) in [7, 11) is 1.43. The third kappa shape index (κ3) is 3.71. The molecule has 0 aliphatic rings. The van der Waals surface area contributed by atoms with E-state index in [2.05, 4.69) is 4.98 Å². The van der Waals surface area contributed by atoms with Crippen molar-refractivity contribution >= 4 is 22.8 Å². The second-order valence-electron chi connectivity index (χ2n) is 6.11. The summed E-state index contributed by atoms with van der Waals surface area (Å²) in [6, 6.07) is 8.59. The molecule has 0 saturated heterocycles. The van der Waals surface area contributed by atoms with Crippen LogP contribution in [0, 0.1) is 12.7 Å². The van der Waals surface area contributed by atoms with Gasteiger partial charge in [-0.05, 0) is 36.8 Å². The first-order chi connectivity index (χ1) is 13.3. The summed E-state index contributed by atoms with van der Waals surface area (Å²) in [5.74, 6) is -1.79. The second kappa shape index (κ2) is 7.51. The lowest BCUT2D eigenvalue weighted by atomic mass is 10.1. The van der Waals surface area contributed by atoms with Crippen molar-refractivity contribution in [1.82, 2.24) is 4.98 Å². The number of hydrogen-bond acceptors (Lipinski definition) is 5. The number of ether oxygens (including phenoxy) is 2. The lowest BCUT2D eigenvalue weighted by Crippen LogP contribution is -2.14. The predicted octanol–water partition coefficient (Wildman–Crippen LogP) is 3.07. The van der Waals surface area contributed by atoms with Crippen molar-refractivity contribution in [1.29, 1.82) is 0 Å². The standard InChI is InChI=1S/C20H17FN2O5/c1-10-5-16-14(7-15(10)21)18(8-17(23-16)19(22)24)28-9-11-3-4-12(27-2)6-13(11)20(25)26/h3-8H,9H2,1-2H3,(H2,22,24)(H,25,26). The van der Waals surface area contributed by atoms with Gasteiger partial charge in [0.2, 0.25) is 0 Å². The number of carbonyl (C=O) groups is 2. The molecule has 0 spiro atoms. The first-order valence-corrected chi connectivity index (χ1v) is 8.24. The molecule has 7 nitrogen and oxygen atoms in total. The Hall–Kier alpha value is -3.68. The molecule has 0 saturated carbocycles. The fraction of sp³-hybridized carbons (Fsp3) is 0.150. The van der Waals surface area contributed by atoms with E-state index in [1.165, 1.54) is 31.4 Å². The van der Waals surface area contributed by atoms with Crippen LogP contribution in [0.1, 0.15) is 32.0 Å². The van der Waals surface area contributed by atoms with Crippen LogP contribution in [0.2, 0.25) is 0 Å². The number of benzene rings is 2. The molecule has 28 heavy (non-hydrogen) atoms. The van der Waals surface area contributed by atoms with E-state index in [0.717, 1.165) is 0 Å². The number of halogens is 1. The van der Waals surface area contributed by atoms with Crippen molar-refractivity contribution in [3.05, 3.63) is 64.6 Å². The average Bonchev–Trinajstić information content (AvgIpc) is 2.66. The summed E-state index contributed by atoms with van der Waals surface area (Å²) in [6.45, 7) is 1.45. The SMILES string of the molecule is COc1ccc(COc2cc(C(N)=O)nc3cc(C)c(F)cc23)c(C(=O)O)c1.